The standard InChI is InChI=1S/C24H27BrN2O3/c1-30-21-13-6-5-8-18(21)15-27-22(28)16-26(20-11-3-2-4-12-20)24(29)23(27)17-9-7-10-19(25)14-17/h5-10,13-14,20,23H,2-4,11-12,15-16H2,1H3/t23-/m0/s1. The zero-order valence-electron chi connectivity index (χ0n) is 17.2. The highest BCUT2D eigenvalue weighted by Gasteiger charge is 2.43. The second-order valence-electron chi connectivity index (χ2n) is 8.05. The third kappa shape index (κ3) is 4.24. The summed E-state index contributed by atoms with van der Waals surface area (Å²) in [4.78, 5) is 30.6. The average molecular weight is 471 g/mol. The van der Waals surface area contributed by atoms with Crippen LogP contribution in [0.1, 0.15) is 49.3 Å². The van der Waals surface area contributed by atoms with Gasteiger partial charge in [0.25, 0.3) is 5.91 Å². The Kier molecular flexibility index (Phi) is 6.42. The summed E-state index contributed by atoms with van der Waals surface area (Å²) in [6.07, 6.45) is 5.42. The molecule has 1 saturated carbocycles. The van der Waals surface area contributed by atoms with Crippen LogP contribution >= 0.6 is 15.9 Å². The zero-order valence-corrected chi connectivity index (χ0v) is 18.8. The molecule has 1 aliphatic carbocycles. The summed E-state index contributed by atoms with van der Waals surface area (Å²) in [5.74, 6) is 0.728. The fraction of sp³-hybridized carbons (Fsp3) is 0.417. The van der Waals surface area contributed by atoms with E-state index in [0.29, 0.717) is 6.54 Å². The van der Waals surface area contributed by atoms with Crippen LogP contribution in [0, 0.1) is 0 Å². The van der Waals surface area contributed by atoms with Crippen LogP contribution in [-0.2, 0) is 16.1 Å². The van der Waals surface area contributed by atoms with Crippen LogP contribution in [0.25, 0.3) is 0 Å². The maximum atomic E-state index is 13.7. The van der Waals surface area contributed by atoms with Gasteiger partial charge >= 0.3 is 0 Å². The van der Waals surface area contributed by atoms with Crippen molar-refractivity contribution in [2.45, 2.75) is 50.7 Å². The smallest absolute Gasteiger partial charge is 0.250 e. The third-order valence-electron chi connectivity index (χ3n) is 6.17. The number of halogens is 1. The average Bonchev–Trinajstić information content (AvgIpc) is 2.77. The molecule has 2 aromatic rings. The molecule has 2 fully saturated rings. The molecule has 0 bridgehead atoms. The molecule has 2 aliphatic rings. The summed E-state index contributed by atoms with van der Waals surface area (Å²) in [5.41, 5.74) is 1.73. The molecule has 0 unspecified atom stereocenters. The fourth-order valence-electron chi connectivity index (χ4n) is 4.65. The lowest BCUT2D eigenvalue weighted by molar-refractivity contribution is -0.160. The SMILES string of the molecule is COc1ccccc1CN1C(=O)CN(C2CCCCC2)C(=O)[C@@H]1c1cccc(Br)c1. The normalized spacial score (nSPS) is 20.5. The molecule has 0 aromatic heterocycles. The molecule has 0 radical (unpaired) electrons. The predicted octanol–water partition coefficient (Wildman–Crippen LogP) is 4.70. The van der Waals surface area contributed by atoms with Crippen LogP contribution in [0.5, 0.6) is 5.75 Å². The summed E-state index contributed by atoms with van der Waals surface area (Å²) < 4.78 is 6.38. The molecule has 1 atom stereocenters. The number of piperazine rings is 1. The summed E-state index contributed by atoms with van der Waals surface area (Å²) in [7, 11) is 1.62. The van der Waals surface area contributed by atoms with Crippen molar-refractivity contribution in [3.05, 3.63) is 64.1 Å². The van der Waals surface area contributed by atoms with E-state index in [2.05, 4.69) is 15.9 Å². The summed E-state index contributed by atoms with van der Waals surface area (Å²) >= 11 is 3.52. The Morgan fingerprint density at radius 3 is 2.53 bits per heavy atom. The first-order valence-corrected chi connectivity index (χ1v) is 11.3. The van der Waals surface area contributed by atoms with Crippen LogP contribution in [0.3, 0.4) is 0 Å². The van der Waals surface area contributed by atoms with Crippen LogP contribution in [0.4, 0.5) is 0 Å². The Bertz CT molecular complexity index is 926. The number of amides is 2. The Hall–Kier alpha value is -2.34. The first-order valence-electron chi connectivity index (χ1n) is 10.6. The lowest BCUT2D eigenvalue weighted by atomic mass is 9.91. The van der Waals surface area contributed by atoms with Crippen LogP contribution in [0.2, 0.25) is 0 Å². The summed E-state index contributed by atoms with van der Waals surface area (Å²) in [5, 5.41) is 0. The van der Waals surface area contributed by atoms with Gasteiger partial charge in [0, 0.05) is 16.1 Å². The predicted molar refractivity (Wildman–Crippen MR) is 119 cm³/mol. The minimum absolute atomic E-state index is 0.0175. The minimum atomic E-state index is -0.629. The Balaban J connectivity index is 1.70. The minimum Gasteiger partial charge on any atom is -0.496 e. The lowest BCUT2D eigenvalue weighted by Crippen LogP contribution is -2.58. The molecule has 5 nitrogen and oxygen atoms in total. The van der Waals surface area contributed by atoms with Gasteiger partial charge in [-0.2, -0.15) is 0 Å². The van der Waals surface area contributed by atoms with E-state index < -0.39 is 6.04 Å². The van der Waals surface area contributed by atoms with Gasteiger partial charge < -0.3 is 14.5 Å². The van der Waals surface area contributed by atoms with Crippen LogP contribution in [0.15, 0.2) is 53.0 Å². The Labute approximate surface area is 186 Å². The number of rotatable bonds is 5. The van der Waals surface area contributed by atoms with E-state index in [4.69, 9.17) is 4.74 Å². The van der Waals surface area contributed by atoms with E-state index in [1.807, 2.05) is 53.4 Å². The number of hydrogen-bond donors (Lipinski definition) is 0. The van der Waals surface area contributed by atoms with Crippen molar-refractivity contribution in [1.29, 1.82) is 0 Å². The van der Waals surface area contributed by atoms with Gasteiger partial charge in [0.2, 0.25) is 5.91 Å². The van der Waals surface area contributed by atoms with Crippen molar-refractivity contribution < 1.29 is 14.3 Å². The number of benzene rings is 2. The van der Waals surface area contributed by atoms with Gasteiger partial charge in [-0.05, 0) is 36.6 Å². The molecule has 30 heavy (non-hydrogen) atoms. The molecule has 158 valence electrons. The maximum absolute atomic E-state index is 13.7. The van der Waals surface area contributed by atoms with E-state index in [1.54, 1.807) is 12.0 Å². The largest absolute Gasteiger partial charge is 0.496 e. The second-order valence-corrected chi connectivity index (χ2v) is 8.96. The zero-order chi connectivity index (χ0) is 21.1. The quantitative estimate of drug-likeness (QED) is 0.635. The Morgan fingerprint density at radius 1 is 1.03 bits per heavy atom. The number of methoxy groups -OCH3 is 1. The summed E-state index contributed by atoms with van der Waals surface area (Å²) in [6, 6.07) is 14.9. The van der Waals surface area contributed by atoms with Crippen molar-refractivity contribution in [2.75, 3.05) is 13.7 Å². The first kappa shape index (κ1) is 20.9. The number of carbonyl (C=O) groups is 2. The molecule has 2 aromatic carbocycles. The van der Waals surface area contributed by atoms with Crippen LogP contribution < -0.4 is 4.74 Å². The van der Waals surface area contributed by atoms with Crippen LogP contribution in [-0.4, -0.2) is 41.3 Å². The van der Waals surface area contributed by atoms with Crippen molar-refractivity contribution in [3.63, 3.8) is 0 Å². The number of hydrogen-bond acceptors (Lipinski definition) is 3. The second kappa shape index (κ2) is 9.21. The first-order chi connectivity index (χ1) is 14.6. The highest BCUT2D eigenvalue weighted by Crippen LogP contribution is 2.35. The third-order valence-corrected chi connectivity index (χ3v) is 6.66. The number of ether oxygens (including phenoxy) is 1. The Morgan fingerprint density at radius 2 is 1.80 bits per heavy atom. The monoisotopic (exact) mass is 470 g/mol. The maximum Gasteiger partial charge on any atom is 0.250 e. The van der Waals surface area contributed by atoms with Gasteiger partial charge in [0.1, 0.15) is 18.3 Å². The lowest BCUT2D eigenvalue weighted by Gasteiger charge is -2.44. The molecule has 1 aliphatic heterocycles. The van der Waals surface area contributed by atoms with Gasteiger partial charge in [-0.3, -0.25) is 9.59 Å². The molecular weight excluding hydrogens is 444 g/mol. The van der Waals surface area contributed by atoms with E-state index in [9.17, 15) is 9.59 Å². The van der Waals surface area contributed by atoms with Gasteiger partial charge in [0.05, 0.1) is 13.7 Å². The molecule has 2 amide bonds. The molecule has 0 spiro atoms. The van der Waals surface area contributed by atoms with Crippen molar-refractivity contribution in [1.82, 2.24) is 9.80 Å². The van der Waals surface area contributed by atoms with Gasteiger partial charge in [-0.1, -0.05) is 65.5 Å². The van der Waals surface area contributed by atoms with E-state index in [0.717, 1.165) is 47.0 Å². The number of nitrogens with zero attached hydrogens (tertiary/aromatic N) is 2. The van der Waals surface area contributed by atoms with Crippen molar-refractivity contribution in [3.8, 4) is 5.75 Å². The van der Waals surface area contributed by atoms with Gasteiger partial charge in [0.15, 0.2) is 0 Å². The topological polar surface area (TPSA) is 49.9 Å². The number of carbonyl (C=O) groups excluding carboxylic acids is 2. The molecule has 1 heterocycles. The highest BCUT2D eigenvalue weighted by atomic mass is 79.9. The molecular formula is C24H27BrN2O3. The van der Waals surface area contributed by atoms with Gasteiger partial charge in [-0.25, -0.2) is 0 Å². The fourth-order valence-corrected chi connectivity index (χ4v) is 5.06. The molecule has 4 rings (SSSR count). The van der Waals surface area contributed by atoms with E-state index in [1.165, 1.54) is 6.42 Å². The van der Waals surface area contributed by atoms with E-state index >= 15 is 0 Å². The molecule has 0 N–H and O–H groups in total. The number of para-hydroxylation sites is 1. The summed E-state index contributed by atoms with van der Waals surface area (Å²) in [6.45, 7) is 0.493. The van der Waals surface area contributed by atoms with Gasteiger partial charge in [-0.15, -0.1) is 0 Å². The molecule has 1 saturated heterocycles. The van der Waals surface area contributed by atoms with Crippen molar-refractivity contribution in [2.24, 2.45) is 0 Å². The molecule has 6 heteroatoms. The van der Waals surface area contributed by atoms with Crippen molar-refractivity contribution >= 4 is 27.7 Å². The van der Waals surface area contributed by atoms with E-state index in [-0.39, 0.29) is 24.4 Å². The highest BCUT2D eigenvalue weighted by molar-refractivity contribution is 9.10.